The number of hydrogen-bond donors (Lipinski definition) is 2. The fourth-order valence-electron chi connectivity index (χ4n) is 1.98. The van der Waals surface area contributed by atoms with Crippen molar-refractivity contribution < 1.29 is 9.59 Å². The van der Waals surface area contributed by atoms with Gasteiger partial charge in [-0.1, -0.05) is 0 Å². The zero-order valence-electron chi connectivity index (χ0n) is 10.2. The van der Waals surface area contributed by atoms with Crippen molar-refractivity contribution in [3.05, 3.63) is 0 Å². The van der Waals surface area contributed by atoms with Gasteiger partial charge in [0.15, 0.2) is 0 Å². The molecule has 0 bridgehead atoms. The standard InChI is InChI=1S/C11H21N3O2/c1-8-9(4-6-13-8)11(16)14(3)7-5-10(15)12-2/h8-9,13H,4-7H2,1-3H3,(H,12,15). The summed E-state index contributed by atoms with van der Waals surface area (Å²) in [6, 6.07) is 0.245. The molecular formula is C11H21N3O2. The van der Waals surface area contributed by atoms with Crippen LogP contribution in [-0.4, -0.2) is 49.9 Å². The molecular weight excluding hydrogens is 206 g/mol. The Balaban J connectivity index is 2.38. The molecule has 1 aliphatic rings. The predicted octanol–water partition coefficient (Wildman–Crippen LogP) is -0.421. The topological polar surface area (TPSA) is 61.4 Å². The molecule has 2 unspecified atom stereocenters. The molecule has 92 valence electrons. The van der Waals surface area contributed by atoms with Crippen LogP contribution in [-0.2, 0) is 9.59 Å². The highest BCUT2D eigenvalue weighted by Crippen LogP contribution is 2.17. The summed E-state index contributed by atoms with van der Waals surface area (Å²) < 4.78 is 0. The van der Waals surface area contributed by atoms with Crippen LogP contribution in [0, 0.1) is 5.92 Å². The summed E-state index contributed by atoms with van der Waals surface area (Å²) in [5, 5.41) is 5.80. The van der Waals surface area contributed by atoms with Crippen molar-refractivity contribution >= 4 is 11.8 Å². The molecule has 2 amide bonds. The predicted molar refractivity (Wildman–Crippen MR) is 61.9 cm³/mol. The lowest BCUT2D eigenvalue weighted by molar-refractivity contribution is -0.134. The molecule has 0 radical (unpaired) electrons. The molecule has 5 nitrogen and oxygen atoms in total. The number of nitrogens with zero attached hydrogens (tertiary/aromatic N) is 1. The average molecular weight is 227 g/mol. The van der Waals surface area contributed by atoms with E-state index in [9.17, 15) is 9.59 Å². The monoisotopic (exact) mass is 227 g/mol. The van der Waals surface area contributed by atoms with Gasteiger partial charge >= 0.3 is 0 Å². The minimum Gasteiger partial charge on any atom is -0.359 e. The number of amides is 2. The van der Waals surface area contributed by atoms with Crippen LogP contribution in [0.25, 0.3) is 0 Å². The number of carbonyl (C=O) groups is 2. The quantitative estimate of drug-likeness (QED) is 0.685. The first-order chi connectivity index (χ1) is 7.56. The molecule has 0 aliphatic carbocycles. The second-order valence-electron chi connectivity index (χ2n) is 4.32. The molecule has 2 atom stereocenters. The summed E-state index contributed by atoms with van der Waals surface area (Å²) in [5.74, 6) is 0.174. The molecule has 1 aliphatic heterocycles. The van der Waals surface area contributed by atoms with Crippen molar-refractivity contribution in [3.8, 4) is 0 Å². The molecule has 5 heteroatoms. The Bertz CT molecular complexity index is 268. The fourth-order valence-corrected chi connectivity index (χ4v) is 1.98. The minimum absolute atomic E-state index is 0.0303. The van der Waals surface area contributed by atoms with E-state index in [1.807, 2.05) is 6.92 Å². The minimum atomic E-state index is -0.0303. The highest BCUT2D eigenvalue weighted by atomic mass is 16.2. The van der Waals surface area contributed by atoms with Crippen molar-refractivity contribution in [2.45, 2.75) is 25.8 Å². The summed E-state index contributed by atoms with van der Waals surface area (Å²) in [6.07, 6.45) is 1.26. The maximum atomic E-state index is 12.0. The Morgan fingerprint density at radius 2 is 2.19 bits per heavy atom. The molecule has 0 spiro atoms. The van der Waals surface area contributed by atoms with Gasteiger partial charge in [0, 0.05) is 33.1 Å². The van der Waals surface area contributed by atoms with Crippen molar-refractivity contribution in [2.75, 3.05) is 27.2 Å². The highest BCUT2D eigenvalue weighted by molar-refractivity contribution is 5.81. The first-order valence-electron chi connectivity index (χ1n) is 5.75. The lowest BCUT2D eigenvalue weighted by atomic mass is 10.0. The molecule has 0 aromatic rings. The number of carbonyl (C=O) groups excluding carboxylic acids is 2. The normalized spacial score (nSPS) is 24.2. The summed E-state index contributed by atoms with van der Waals surface area (Å²) in [5.41, 5.74) is 0. The molecule has 0 saturated carbocycles. The van der Waals surface area contributed by atoms with Crippen LogP contribution in [0.5, 0.6) is 0 Å². The van der Waals surface area contributed by atoms with Gasteiger partial charge in [0.25, 0.3) is 0 Å². The lowest BCUT2D eigenvalue weighted by Gasteiger charge is -2.22. The smallest absolute Gasteiger partial charge is 0.227 e. The Hall–Kier alpha value is -1.10. The van der Waals surface area contributed by atoms with E-state index in [1.54, 1.807) is 19.0 Å². The average Bonchev–Trinajstić information content (AvgIpc) is 2.70. The van der Waals surface area contributed by atoms with Crippen LogP contribution >= 0.6 is 0 Å². The molecule has 1 rings (SSSR count). The third kappa shape index (κ3) is 3.20. The Morgan fingerprint density at radius 3 is 2.69 bits per heavy atom. The summed E-state index contributed by atoms with van der Waals surface area (Å²) >= 11 is 0. The summed E-state index contributed by atoms with van der Waals surface area (Å²) in [4.78, 5) is 24.7. The van der Waals surface area contributed by atoms with Gasteiger partial charge in [-0.15, -0.1) is 0 Å². The second kappa shape index (κ2) is 5.84. The van der Waals surface area contributed by atoms with Crippen molar-refractivity contribution in [3.63, 3.8) is 0 Å². The maximum absolute atomic E-state index is 12.0. The first-order valence-corrected chi connectivity index (χ1v) is 5.75. The molecule has 0 aromatic heterocycles. The van der Waals surface area contributed by atoms with Crippen LogP contribution in [0.2, 0.25) is 0 Å². The largest absolute Gasteiger partial charge is 0.359 e. The van der Waals surface area contributed by atoms with E-state index in [0.717, 1.165) is 13.0 Å². The van der Waals surface area contributed by atoms with Crippen LogP contribution in [0.15, 0.2) is 0 Å². The van der Waals surface area contributed by atoms with Gasteiger partial charge in [0.1, 0.15) is 0 Å². The van der Waals surface area contributed by atoms with Gasteiger partial charge < -0.3 is 15.5 Å². The van der Waals surface area contributed by atoms with E-state index >= 15 is 0 Å². The van der Waals surface area contributed by atoms with E-state index in [2.05, 4.69) is 10.6 Å². The Morgan fingerprint density at radius 1 is 1.50 bits per heavy atom. The molecule has 2 N–H and O–H groups in total. The van der Waals surface area contributed by atoms with E-state index in [4.69, 9.17) is 0 Å². The van der Waals surface area contributed by atoms with Gasteiger partial charge in [0.05, 0.1) is 5.92 Å². The third-order valence-electron chi connectivity index (χ3n) is 3.17. The molecule has 1 heterocycles. The SMILES string of the molecule is CNC(=O)CCN(C)C(=O)C1CCNC1C. The maximum Gasteiger partial charge on any atom is 0.227 e. The summed E-state index contributed by atoms with van der Waals surface area (Å²) in [6.45, 7) is 3.42. The number of nitrogens with one attached hydrogen (secondary N) is 2. The summed E-state index contributed by atoms with van der Waals surface area (Å²) in [7, 11) is 3.36. The molecule has 1 fully saturated rings. The highest BCUT2D eigenvalue weighted by Gasteiger charge is 2.31. The Labute approximate surface area is 96.6 Å². The second-order valence-corrected chi connectivity index (χ2v) is 4.32. The van der Waals surface area contributed by atoms with E-state index in [-0.39, 0.29) is 23.8 Å². The molecule has 1 saturated heterocycles. The van der Waals surface area contributed by atoms with Gasteiger partial charge in [-0.2, -0.15) is 0 Å². The molecule has 0 aromatic carbocycles. The van der Waals surface area contributed by atoms with Gasteiger partial charge in [0.2, 0.25) is 11.8 Å². The Kier molecular flexibility index (Phi) is 4.73. The van der Waals surface area contributed by atoms with Crippen molar-refractivity contribution in [1.82, 2.24) is 15.5 Å². The van der Waals surface area contributed by atoms with Crippen LogP contribution in [0.1, 0.15) is 19.8 Å². The van der Waals surface area contributed by atoms with Crippen molar-refractivity contribution in [2.24, 2.45) is 5.92 Å². The van der Waals surface area contributed by atoms with Gasteiger partial charge in [-0.25, -0.2) is 0 Å². The third-order valence-corrected chi connectivity index (χ3v) is 3.17. The number of hydrogen-bond acceptors (Lipinski definition) is 3. The van der Waals surface area contributed by atoms with E-state index < -0.39 is 0 Å². The first kappa shape index (κ1) is 13.0. The zero-order valence-corrected chi connectivity index (χ0v) is 10.2. The van der Waals surface area contributed by atoms with Crippen molar-refractivity contribution in [1.29, 1.82) is 0 Å². The van der Waals surface area contributed by atoms with Crippen LogP contribution in [0.3, 0.4) is 0 Å². The molecule has 16 heavy (non-hydrogen) atoms. The number of rotatable bonds is 4. The van der Waals surface area contributed by atoms with E-state index in [0.29, 0.717) is 13.0 Å². The zero-order chi connectivity index (χ0) is 12.1. The van der Waals surface area contributed by atoms with Crippen LogP contribution in [0.4, 0.5) is 0 Å². The van der Waals surface area contributed by atoms with Crippen LogP contribution < -0.4 is 10.6 Å². The lowest BCUT2D eigenvalue weighted by Crippen LogP contribution is -2.39. The van der Waals surface area contributed by atoms with Gasteiger partial charge in [-0.05, 0) is 19.9 Å². The fraction of sp³-hybridized carbons (Fsp3) is 0.818. The van der Waals surface area contributed by atoms with Gasteiger partial charge in [-0.3, -0.25) is 9.59 Å². The van der Waals surface area contributed by atoms with E-state index in [1.165, 1.54) is 0 Å².